The quantitative estimate of drug-likeness (QED) is 0.570. The largest absolute Gasteiger partial charge is 0.444 e. The summed E-state index contributed by atoms with van der Waals surface area (Å²) in [5.74, 6) is 0.311. The summed E-state index contributed by atoms with van der Waals surface area (Å²) in [7, 11) is 0. The Morgan fingerprint density at radius 2 is 1.77 bits per heavy atom. The molecule has 0 radical (unpaired) electrons. The van der Waals surface area contributed by atoms with E-state index < -0.39 is 5.60 Å². The molecule has 0 aliphatic carbocycles. The first-order valence-electron chi connectivity index (χ1n) is 11.4. The molecule has 1 saturated heterocycles. The third kappa shape index (κ3) is 9.06. The topological polar surface area (TPSA) is 70.7 Å². The lowest BCUT2D eigenvalue weighted by atomic mass is 10.0. The van der Waals surface area contributed by atoms with Crippen LogP contribution in [0.3, 0.4) is 0 Å². The number of hydrogen-bond acceptors (Lipinski definition) is 4. The molecule has 6 nitrogen and oxygen atoms in total. The van der Waals surface area contributed by atoms with Crippen LogP contribution in [0.25, 0.3) is 0 Å². The molecule has 2 rings (SSSR count). The van der Waals surface area contributed by atoms with E-state index in [0.717, 1.165) is 57.3 Å². The first kappa shape index (κ1) is 24.0. The second kappa shape index (κ2) is 11.8. The first-order chi connectivity index (χ1) is 14.3. The standard InChI is InChI=1S/C24H39N3O3/c1-5-6-7-8-22(28)27-17-14-21(15-18-27)26-20-11-9-19(10-12-20)13-16-25-23(29)30-24(2,3)4/h9-12,21,26H,5-8,13-18H2,1-4H3,(H,25,29). The van der Waals surface area contributed by atoms with Crippen molar-refractivity contribution in [2.24, 2.45) is 0 Å². The van der Waals surface area contributed by atoms with Crippen molar-refractivity contribution < 1.29 is 14.3 Å². The zero-order chi connectivity index (χ0) is 22.0. The number of ether oxygens (including phenoxy) is 1. The maximum absolute atomic E-state index is 12.2. The van der Waals surface area contributed by atoms with Gasteiger partial charge in [0.15, 0.2) is 0 Å². The smallest absolute Gasteiger partial charge is 0.407 e. The number of carbonyl (C=O) groups is 2. The molecule has 0 saturated carbocycles. The van der Waals surface area contributed by atoms with Crippen LogP contribution in [0.4, 0.5) is 10.5 Å². The fourth-order valence-corrected chi connectivity index (χ4v) is 3.58. The summed E-state index contributed by atoms with van der Waals surface area (Å²) < 4.78 is 5.24. The molecule has 168 valence electrons. The number of hydrogen-bond donors (Lipinski definition) is 2. The number of rotatable bonds is 9. The van der Waals surface area contributed by atoms with Gasteiger partial charge in [-0.25, -0.2) is 4.79 Å². The summed E-state index contributed by atoms with van der Waals surface area (Å²) in [6.07, 6.45) is 6.34. The van der Waals surface area contributed by atoms with Gasteiger partial charge in [-0.1, -0.05) is 31.9 Å². The highest BCUT2D eigenvalue weighted by atomic mass is 16.6. The molecule has 1 aliphatic heterocycles. The van der Waals surface area contributed by atoms with E-state index in [2.05, 4.69) is 41.8 Å². The molecule has 1 aliphatic rings. The van der Waals surface area contributed by atoms with Crippen LogP contribution < -0.4 is 10.6 Å². The van der Waals surface area contributed by atoms with Gasteiger partial charge >= 0.3 is 6.09 Å². The Morgan fingerprint density at radius 1 is 1.10 bits per heavy atom. The first-order valence-corrected chi connectivity index (χ1v) is 11.4. The Kier molecular flexibility index (Phi) is 9.47. The third-order valence-electron chi connectivity index (χ3n) is 5.25. The van der Waals surface area contributed by atoms with Gasteiger partial charge in [-0.2, -0.15) is 0 Å². The number of benzene rings is 1. The van der Waals surface area contributed by atoms with Gasteiger partial charge in [0.25, 0.3) is 0 Å². The van der Waals surface area contributed by atoms with E-state index in [4.69, 9.17) is 4.74 Å². The van der Waals surface area contributed by atoms with Crippen molar-refractivity contribution in [2.75, 3.05) is 25.0 Å². The number of carbonyl (C=O) groups excluding carboxylic acids is 2. The summed E-state index contributed by atoms with van der Waals surface area (Å²) in [5, 5.41) is 6.38. The van der Waals surface area contributed by atoms with Crippen molar-refractivity contribution in [3.63, 3.8) is 0 Å². The van der Waals surface area contributed by atoms with Gasteiger partial charge in [-0.15, -0.1) is 0 Å². The Balaban J connectivity index is 1.67. The molecule has 0 atom stereocenters. The van der Waals surface area contributed by atoms with E-state index in [1.807, 2.05) is 25.7 Å². The van der Waals surface area contributed by atoms with Crippen LogP contribution in [0.5, 0.6) is 0 Å². The van der Waals surface area contributed by atoms with Gasteiger partial charge in [0.2, 0.25) is 5.91 Å². The van der Waals surface area contributed by atoms with Gasteiger partial charge in [0.1, 0.15) is 5.60 Å². The SMILES string of the molecule is CCCCCC(=O)N1CCC(Nc2ccc(CCNC(=O)OC(C)(C)C)cc2)CC1. The molecular formula is C24H39N3O3. The average molecular weight is 418 g/mol. The van der Waals surface area contributed by atoms with Crippen LogP contribution in [0.15, 0.2) is 24.3 Å². The normalized spacial score (nSPS) is 15.0. The number of unbranched alkanes of at least 4 members (excludes halogenated alkanes) is 2. The lowest BCUT2D eigenvalue weighted by Crippen LogP contribution is -2.42. The molecule has 0 unspecified atom stereocenters. The zero-order valence-electron chi connectivity index (χ0n) is 19.1. The van der Waals surface area contributed by atoms with E-state index in [0.29, 0.717) is 24.9 Å². The summed E-state index contributed by atoms with van der Waals surface area (Å²) >= 11 is 0. The molecule has 2 amide bonds. The van der Waals surface area contributed by atoms with Crippen LogP contribution in [0.2, 0.25) is 0 Å². The minimum atomic E-state index is -0.476. The lowest BCUT2D eigenvalue weighted by Gasteiger charge is -2.33. The second-order valence-corrected chi connectivity index (χ2v) is 9.13. The maximum atomic E-state index is 12.2. The van der Waals surface area contributed by atoms with Crippen molar-refractivity contribution in [3.8, 4) is 0 Å². The lowest BCUT2D eigenvalue weighted by molar-refractivity contribution is -0.132. The summed E-state index contributed by atoms with van der Waals surface area (Å²) in [4.78, 5) is 26.0. The Bertz CT molecular complexity index is 659. The van der Waals surface area contributed by atoms with Gasteiger partial charge in [-0.3, -0.25) is 4.79 Å². The van der Waals surface area contributed by atoms with E-state index in [-0.39, 0.29) is 6.09 Å². The number of likely N-dealkylation sites (tertiary alicyclic amines) is 1. The highest BCUT2D eigenvalue weighted by Gasteiger charge is 2.22. The fraction of sp³-hybridized carbons (Fsp3) is 0.667. The zero-order valence-corrected chi connectivity index (χ0v) is 19.1. The van der Waals surface area contributed by atoms with Crippen molar-refractivity contribution in [3.05, 3.63) is 29.8 Å². The molecule has 1 aromatic rings. The number of nitrogens with zero attached hydrogens (tertiary/aromatic N) is 1. The van der Waals surface area contributed by atoms with Crippen LogP contribution in [0, 0.1) is 0 Å². The molecule has 1 heterocycles. The molecule has 6 heteroatoms. The molecular weight excluding hydrogens is 378 g/mol. The predicted molar refractivity (Wildman–Crippen MR) is 122 cm³/mol. The van der Waals surface area contributed by atoms with Crippen LogP contribution >= 0.6 is 0 Å². The molecule has 0 spiro atoms. The van der Waals surface area contributed by atoms with E-state index in [9.17, 15) is 9.59 Å². The minimum absolute atomic E-state index is 0.311. The van der Waals surface area contributed by atoms with Gasteiger partial charge < -0.3 is 20.3 Å². The van der Waals surface area contributed by atoms with Crippen molar-refractivity contribution in [2.45, 2.75) is 84.3 Å². The average Bonchev–Trinajstić information content (AvgIpc) is 2.68. The van der Waals surface area contributed by atoms with Crippen LogP contribution in [-0.4, -0.2) is 48.2 Å². The number of piperidine rings is 1. The van der Waals surface area contributed by atoms with Crippen molar-refractivity contribution >= 4 is 17.7 Å². The van der Waals surface area contributed by atoms with E-state index in [1.54, 1.807) is 0 Å². The molecule has 2 N–H and O–H groups in total. The molecule has 1 fully saturated rings. The van der Waals surface area contributed by atoms with Gasteiger partial charge in [0, 0.05) is 37.8 Å². The Morgan fingerprint density at radius 3 is 2.37 bits per heavy atom. The van der Waals surface area contributed by atoms with Gasteiger partial charge in [0.05, 0.1) is 0 Å². The number of anilines is 1. The number of amides is 2. The number of alkyl carbamates (subject to hydrolysis) is 1. The van der Waals surface area contributed by atoms with Crippen LogP contribution in [0.1, 0.15) is 71.8 Å². The number of nitrogens with one attached hydrogen (secondary N) is 2. The third-order valence-corrected chi connectivity index (χ3v) is 5.25. The van der Waals surface area contributed by atoms with Crippen molar-refractivity contribution in [1.29, 1.82) is 0 Å². The highest BCUT2D eigenvalue weighted by Crippen LogP contribution is 2.18. The molecule has 30 heavy (non-hydrogen) atoms. The Labute approximate surface area is 181 Å². The van der Waals surface area contributed by atoms with E-state index >= 15 is 0 Å². The summed E-state index contributed by atoms with van der Waals surface area (Å²) in [6.45, 7) is 9.96. The molecule has 0 aromatic heterocycles. The Hall–Kier alpha value is -2.24. The summed E-state index contributed by atoms with van der Waals surface area (Å²) in [6, 6.07) is 8.76. The summed E-state index contributed by atoms with van der Waals surface area (Å²) in [5.41, 5.74) is 1.80. The van der Waals surface area contributed by atoms with Crippen molar-refractivity contribution in [1.82, 2.24) is 10.2 Å². The van der Waals surface area contributed by atoms with E-state index in [1.165, 1.54) is 5.56 Å². The monoisotopic (exact) mass is 417 g/mol. The highest BCUT2D eigenvalue weighted by molar-refractivity contribution is 5.76. The van der Waals surface area contributed by atoms with Gasteiger partial charge in [-0.05, 0) is 64.2 Å². The fourth-order valence-electron chi connectivity index (χ4n) is 3.58. The molecule has 1 aromatic carbocycles. The van der Waals surface area contributed by atoms with Crippen LogP contribution in [-0.2, 0) is 16.0 Å². The maximum Gasteiger partial charge on any atom is 0.407 e. The minimum Gasteiger partial charge on any atom is -0.444 e. The second-order valence-electron chi connectivity index (χ2n) is 9.13. The molecule has 0 bridgehead atoms. The predicted octanol–water partition coefficient (Wildman–Crippen LogP) is 4.74.